The van der Waals surface area contributed by atoms with Crippen molar-refractivity contribution in [2.45, 2.75) is 12.8 Å². The Kier molecular flexibility index (Phi) is 6.46. The molecule has 0 aliphatic heterocycles. The smallest absolute Gasteiger partial charge is 0.0664 e. The summed E-state index contributed by atoms with van der Waals surface area (Å²) in [7, 11) is 0. The molecule has 1 N–H and O–H groups in total. The van der Waals surface area contributed by atoms with Gasteiger partial charge in [0, 0.05) is 23.3 Å². The SMILES string of the molecule is C1=Cc2nccc(-c3ccc(-c4ccccc4)cc3)cc[nH]c3ccccc3c3ccccc3c2CC1. The number of aromatic nitrogens is 2. The fourth-order valence-corrected chi connectivity index (χ4v) is 5.02. The molecule has 6 rings (SSSR count). The van der Waals surface area contributed by atoms with Crippen LogP contribution in [0.5, 0.6) is 0 Å². The average Bonchev–Trinajstić information content (AvgIpc) is 2.98. The molecule has 1 aliphatic rings. The fourth-order valence-electron chi connectivity index (χ4n) is 5.02. The zero-order chi connectivity index (χ0) is 24.9. The Labute approximate surface area is 217 Å². The van der Waals surface area contributed by atoms with Gasteiger partial charge >= 0.3 is 0 Å². The maximum absolute atomic E-state index is 4.94. The van der Waals surface area contributed by atoms with E-state index in [0.717, 1.165) is 35.2 Å². The monoisotopic (exact) mass is 476 g/mol. The van der Waals surface area contributed by atoms with Crippen LogP contribution in [-0.4, -0.2) is 9.97 Å². The van der Waals surface area contributed by atoms with Crippen LogP contribution in [0.3, 0.4) is 0 Å². The average molecular weight is 477 g/mol. The van der Waals surface area contributed by atoms with Crippen molar-refractivity contribution in [2.24, 2.45) is 0 Å². The molecule has 2 heteroatoms. The first kappa shape index (κ1) is 22.8. The molecule has 0 saturated heterocycles. The highest BCUT2D eigenvalue weighted by molar-refractivity contribution is 6.05. The molecule has 4 aromatic carbocycles. The highest BCUT2D eigenvalue weighted by Gasteiger charge is 2.08. The Hall–Kier alpha value is -4.69. The number of allylic oxidation sites excluding steroid dienone is 1. The van der Waals surface area contributed by atoms with Crippen molar-refractivity contribution < 1.29 is 0 Å². The number of nitrogens with one attached hydrogen (secondary N) is 1. The normalized spacial score (nSPS) is 12.0. The third-order valence-electron chi connectivity index (χ3n) is 6.91. The van der Waals surface area contributed by atoms with Crippen LogP contribution in [0.15, 0.2) is 134 Å². The quantitative estimate of drug-likeness (QED) is 0.270. The van der Waals surface area contributed by atoms with E-state index in [1.54, 1.807) is 0 Å². The number of nitrogens with zero attached hydrogens (tertiary/aromatic N) is 1. The fraction of sp³-hybridized carbons (Fsp3) is 0.0571. The van der Waals surface area contributed by atoms with Crippen LogP contribution in [0.2, 0.25) is 0 Å². The molecule has 0 bridgehead atoms. The molecule has 5 aromatic rings. The number of para-hydroxylation sites is 1. The minimum absolute atomic E-state index is 0.978. The molecule has 1 heterocycles. The van der Waals surface area contributed by atoms with E-state index in [4.69, 9.17) is 4.98 Å². The van der Waals surface area contributed by atoms with Gasteiger partial charge in [0.2, 0.25) is 0 Å². The largest absolute Gasteiger partial charge is 0.361 e. The Morgan fingerprint density at radius 2 is 1.16 bits per heavy atom. The molecule has 0 amide bonds. The van der Waals surface area contributed by atoms with E-state index in [2.05, 4.69) is 126 Å². The first-order chi connectivity index (χ1) is 18.4. The first-order valence-corrected chi connectivity index (χ1v) is 12.8. The summed E-state index contributed by atoms with van der Waals surface area (Å²) in [5, 5.41) is 3.66. The van der Waals surface area contributed by atoms with E-state index < -0.39 is 0 Å². The molecule has 0 saturated carbocycles. The lowest BCUT2D eigenvalue weighted by atomic mass is 9.96. The highest BCUT2D eigenvalue weighted by atomic mass is 14.7. The number of aryl methyl sites for hydroxylation is 1. The van der Waals surface area contributed by atoms with Crippen molar-refractivity contribution in [3.8, 4) is 22.3 Å². The van der Waals surface area contributed by atoms with E-state index in [1.165, 1.54) is 32.8 Å². The summed E-state index contributed by atoms with van der Waals surface area (Å²) in [5.41, 5.74) is 8.06. The van der Waals surface area contributed by atoms with Crippen LogP contribution in [-0.2, 0) is 6.42 Å². The number of hydrogen-bond donors (Lipinski definition) is 1. The van der Waals surface area contributed by atoms with Crippen LogP contribution in [0, 0.1) is 0 Å². The first-order valence-electron chi connectivity index (χ1n) is 12.8. The third-order valence-corrected chi connectivity index (χ3v) is 6.91. The van der Waals surface area contributed by atoms with Gasteiger partial charge in [0.05, 0.1) is 5.69 Å². The van der Waals surface area contributed by atoms with E-state index in [0.29, 0.717) is 0 Å². The van der Waals surface area contributed by atoms with Gasteiger partial charge in [0.15, 0.2) is 0 Å². The summed E-state index contributed by atoms with van der Waals surface area (Å²) in [6, 6.07) is 40.6. The van der Waals surface area contributed by atoms with Crippen molar-refractivity contribution >= 4 is 27.8 Å². The molecule has 0 unspecified atom stereocenters. The van der Waals surface area contributed by atoms with Crippen molar-refractivity contribution in [2.75, 3.05) is 0 Å². The maximum atomic E-state index is 4.94. The molecule has 178 valence electrons. The van der Waals surface area contributed by atoms with Gasteiger partial charge in [-0.2, -0.15) is 0 Å². The van der Waals surface area contributed by atoms with E-state index >= 15 is 0 Å². The summed E-state index contributed by atoms with van der Waals surface area (Å²) >= 11 is 0. The van der Waals surface area contributed by atoms with Gasteiger partial charge in [0.1, 0.15) is 0 Å². The standard InChI is InChI=1S/C35H28N2/c1-2-10-26(11-3-1)27-18-20-28(21-19-27)29-22-24-36-34-16-8-6-14-32(34)30-12-4-5-13-31(30)33-15-7-9-17-35(33)37-25-23-29/h1-6,8-14,16-25,36H,7,15H2. The van der Waals surface area contributed by atoms with Gasteiger partial charge in [-0.3, -0.25) is 4.98 Å². The number of aromatic amines is 1. The van der Waals surface area contributed by atoms with Gasteiger partial charge in [0.25, 0.3) is 0 Å². The summed E-state index contributed by atoms with van der Waals surface area (Å²) < 4.78 is 0. The van der Waals surface area contributed by atoms with Crippen LogP contribution < -0.4 is 0 Å². The van der Waals surface area contributed by atoms with Crippen LogP contribution in [0.1, 0.15) is 17.7 Å². The van der Waals surface area contributed by atoms with Gasteiger partial charge < -0.3 is 4.98 Å². The van der Waals surface area contributed by atoms with Crippen LogP contribution in [0.25, 0.3) is 50.0 Å². The Morgan fingerprint density at radius 1 is 0.541 bits per heavy atom. The van der Waals surface area contributed by atoms with Crippen molar-refractivity contribution in [3.63, 3.8) is 0 Å². The van der Waals surface area contributed by atoms with Crippen molar-refractivity contribution in [1.29, 1.82) is 0 Å². The number of fused-ring (bicyclic) bond motifs is 5. The molecule has 2 nitrogen and oxygen atoms in total. The number of rotatable bonds is 2. The second kappa shape index (κ2) is 10.5. The molecule has 37 heavy (non-hydrogen) atoms. The molecule has 0 spiro atoms. The summed E-state index contributed by atoms with van der Waals surface area (Å²) in [6.07, 6.45) is 10.3. The zero-order valence-corrected chi connectivity index (χ0v) is 20.6. The van der Waals surface area contributed by atoms with Crippen LogP contribution in [0.4, 0.5) is 0 Å². The highest BCUT2D eigenvalue weighted by Crippen LogP contribution is 2.28. The number of H-pyrrole nitrogens is 1. The molecule has 0 atom stereocenters. The second-order valence-electron chi connectivity index (χ2n) is 9.22. The summed E-state index contributed by atoms with van der Waals surface area (Å²) in [4.78, 5) is 8.50. The Balaban J connectivity index is 1.59. The lowest BCUT2D eigenvalue weighted by Crippen LogP contribution is -1.95. The van der Waals surface area contributed by atoms with E-state index in [9.17, 15) is 0 Å². The van der Waals surface area contributed by atoms with Crippen LogP contribution >= 0.6 is 0 Å². The topological polar surface area (TPSA) is 28.7 Å². The molecule has 1 aliphatic carbocycles. The molecule has 1 aromatic heterocycles. The van der Waals surface area contributed by atoms with Gasteiger partial charge in [-0.05, 0) is 75.7 Å². The third kappa shape index (κ3) is 4.87. The van der Waals surface area contributed by atoms with Gasteiger partial charge in [-0.1, -0.05) is 103 Å². The lowest BCUT2D eigenvalue weighted by molar-refractivity contribution is 0.981. The van der Waals surface area contributed by atoms with Gasteiger partial charge in [-0.25, -0.2) is 0 Å². The molecule has 0 radical (unpaired) electrons. The minimum Gasteiger partial charge on any atom is -0.361 e. The Bertz CT molecular complexity index is 1710. The van der Waals surface area contributed by atoms with Crippen molar-refractivity contribution in [1.82, 2.24) is 9.97 Å². The van der Waals surface area contributed by atoms with Crippen molar-refractivity contribution in [3.05, 3.63) is 145 Å². The molecular weight excluding hydrogens is 448 g/mol. The van der Waals surface area contributed by atoms with Gasteiger partial charge in [-0.15, -0.1) is 0 Å². The Morgan fingerprint density at radius 3 is 1.95 bits per heavy atom. The molecule has 0 fully saturated rings. The zero-order valence-electron chi connectivity index (χ0n) is 20.6. The number of hydrogen-bond acceptors (Lipinski definition) is 1. The minimum atomic E-state index is 0.978. The predicted octanol–water partition coefficient (Wildman–Crippen LogP) is 9.26. The second-order valence-corrected chi connectivity index (χ2v) is 9.22. The van der Waals surface area contributed by atoms with E-state index in [1.807, 2.05) is 18.5 Å². The number of benzene rings is 4. The molecular formula is C35H28N2. The summed E-state index contributed by atoms with van der Waals surface area (Å²) in [6.45, 7) is 0. The predicted molar refractivity (Wildman–Crippen MR) is 157 cm³/mol. The maximum Gasteiger partial charge on any atom is 0.0664 e. The summed E-state index contributed by atoms with van der Waals surface area (Å²) in [5.74, 6) is 0. The lowest BCUT2D eigenvalue weighted by Gasteiger charge is -2.10. The van der Waals surface area contributed by atoms with E-state index in [-0.39, 0.29) is 0 Å².